The molecule has 0 spiro atoms. The second-order valence-electron chi connectivity index (χ2n) is 6.44. The van der Waals surface area contributed by atoms with Crippen molar-refractivity contribution in [3.8, 4) is 0 Å². The topological polar surface area (TPSA) is 71.3 Å². The second-order valence-corrected chi connectivity index (χ2v) is 6.44. The fraction of sp³-hybridized carbons (Fsp3) is 0.562. The Morgan fingerprint density at radius 2 is 2.30 bits per heavy atom. The van der Waals surface area contributed by atoms with Gasteiger partial charge >= 0.3 is 0 Å². The van der Waals surface area contributed by atoms with Crippen molar-refractivity contribution in [1.29, 1.82) is 0 Å². The average molecular weight is 322 g/mol. The normalized spacial score (nSPS) is 20.8. The molecular formula is C16H23FN4O2. The van der Waals surface area contributed by atoms with Crippen molar-refractivity contribution >= 4 is 10.9 Å². The van der Waals surface area contributed by atoms with Crippen LogP contribution >= 0.6 is 0 Å². The molecule has 1 saturated heterocycles. The van der Waals surface area contributed by atoms with Crippen LogP contribution < -0.4 is 10.6 Å². The van der Waals surface area contributed by atoms with Crippen LogP contribution in [0.5, 0.6) is 0 Å². The van der Waals surface area contributed by atoms with Gasteiger partial charge < -0.3 is 15.2 Å². The minimum Gasteiger partial charge on any atom is -0.376 e. The van der Waals surface area contributed by atoms with E-state index in [1.807, 2.05) is 19.9 Å². The van der Waals surface area contributed by atoms with E-state index in [1.165, 1.54) is 10.7 Å². The number of nitrogens with one attached hydrogen (secondary N) is 2. The zero-order valence-corrected chi connectivity index (χ0v) is 13.6. The number of halogens is 1. The molecule has 0 radical (unpaired) electrons. The van der Waals surface area contributed by atoms with Gasteiger partial charge in [-0.05, 0) is 19.9 Å². The van der Waals surface area contributed by atoms with Crippen LogP contribution in [0.3, 0.4) is 0 Å². The van der Waals surface area contributed by atoms with Crippen LogP contribution in [-0.2, 0) is 17.3 Å². The summed E-state index contributed by atoms with van der Waals surface area (Å²) in [4.78, 5) is 0. The summed E-state index contributed by atoms with van der Waals surface area (Å²) in [7, 11) is 1.72. The SMILES string of the molecule is Cn1nc(C(C)(C)NC(O)[C@@H]2CNCCO2)c2cccc(F)c21. The van der Waals surface area contributed by atoms with Crippen LogP contribution in [0.1, 0.15) is 19.5 Å². The third kappa shape index (κ3) is 3.10. The highest BCUT2D eigenvalue weighted by atomic mass is 19.1. The number of aryl methyl sites for hydroxylation is 1. The number of hydrogen-bond donors (Lipinski definition) is 3. The maximum Gasteiger partial charge on any atom is 0.149 e. The Hall–Kier alpha value is -1.54. The van der Waals surface area contributed by atoms with E-state index in [4.69, 9.17) is 4.74 Å². The molecule has 7 heteroatoms. The van der Waals surface area contributed by atoms with Gasteiger partial charge in [-0.2, -0.15) is 5.10 Å². The summed E-state index contributed by atoms with van der Waals surface area (Å²) >= 11 is 0. The number of benzene rings is 1. The molecular weight excluding hydrogens is 299 g/mol. The highest BCUT2D eigenvalue weighted by Crippen LogP contribution is 2.29. The van der Waals surface area contributed by atoms with E-state index in [0.717, 1.165) is 11.9 Å². The fourth-order valence-electron chi connectivity index (χ4n) is 3.07. The molecule has 0 amide bonds. The van der Waals surface area contributed by atoms with E-state index >= 15 is 0 Å². The highest BCUT2D eigenvalue weighted by Gasteiger charge is 2.33. The van der Waals surface area contributed by atoms with Crippen molar-refractivity contribution in [2.24, 2.45) is 7.05 Å². The third-order valence-corrected chi connectivity index (χ3v) is 4.22. The second kappa shape index (κ2) is 6.16. The average Bonchev–Trinajstić information content (AvgIpc) is 2.87. The Labute approximate surface area is 134 Å². The first-order valence-electron chi connectivity index (χ1n) is 7.80. The highest BCUT2D eigenvalue weighted by molar-refractivity contribution is 5.83. The van der Waals surface area contributed by atoms with Crippen LogP contribution in [-0.4, -0.2) is 46.9 Å². The lowest BCUT2D eigenvalue weighted by Gasteiger charge is -2.34. The molecule has 1 aliphatic rings. The van der Waals surface area contributed by atoms with Gasteiger partial charge in [-0.15, -0.1) is 0 Å². The zero-order chi connectivity index (χ0) is 16.6. The third-order valence-electron chi connectivity index (χ3n) is 4.22. The Morgan fingerprint density at radius 1 is 1.52 bits per heavy atom. The van der Waals surface area contributed by atoms with Gasteiger partial charge in [-0.3, -0.25) is 10.00 Å². The molecule has 23 heavy (non-hydrogen) atoms. The summed E-state index contributed by atoms with van der Waals surface area (Å²) in [6, 6.07) is 4.93. The van der Waals surface area contributed by atoms with E-state index in [0.29, 0.717) is 24.4 Å². The van der Waals surface area contributed by atoms with Crippen LogP contribution in [0.25, 0.3) is 10.9 Å². The number of fused-ring (bicyclic) bond motifs is 1. The van der Waals surface area contributed by atoms with E-state index in [-0.39, 0.29) is 11.9 Å². The number of aliphatic hydroxyl groups is 1. The summed E-state index contributed by atoms with van der Waals surface area (Å²) in [5.74, 6) is -0.306. The predicted molar refractivity (Wildman–Crippen MR) is 85.5 cm³/mol. The van der Waals surface area contributed by atoms with Gasteiger partial charge in [0.15, 0.2) is 0 Å². The molecule has 0 aliphatic carbocycles. The first-order chi connectivity index (χ1) is 10.9. The van der Waals surface area contributed by atoms with Gasteiger partial charge in [0.1, 0.15) is 23.7 Å². The van der Waals surface area contributed by atoms with Gasteiger partial charge in [0.05, 0.1) is 17.8 Å². The predicted octanol–water partition coefficient (Wildman–Crippen LogP) is 0.844. The molecule has 2 heterocycles. The lowest BCUT2D eigenvalue weighted by molar-refractivity contribution is -0.0751. The summed E-state index contributed by atoms with van der Waals surface area (Å²) < 4.78 is 21.2. The number of morpholine rings is 1. The molecule has 1 unspecified atom stereocenters. The smallest absolute Gasteiger partial charge is 0.149 e. The standard InChI is InChI=1S/C16H23FN4O2/c1-16(2,19-15(22)12-9-18-7-8-23-12)14-10-5-4-6-11(17)13(10)21(3)20-14/h4-6,12,15,18-19,22H,7-9H2,1-3H3/t12-,15?/m0/s1. The van der Waals surface area contributed by atoms with Crippen LogP contribution in [0.2, 0.25) is 0 Å². The number of aliphatic hydroxyl groups excluding tert-OH is 1. The summed E-state index contributed by atoms with van der Waals surface area (Å²) in [5.41, 5.74) is 0.507. The van der Waals surface area contributed by atoms with Crippen LogP contribution in [0.4, 0.5) is 4.39 Å². The Morgan fingerprint density at radius 3 is 3.00 bits per heavy atom. The van der Waals surface area contributed by atoms with Crippen molar-refractivity contribution in [2.75, 3.05) is 19.7 Å². The summed E-state index contributed by atoms with van der Waals surface area (Å²) in [5, 5.41) is 22.0. The molecule has 0 bridgehead atoms. The largest absolute Gasteiger partial charge is 0.376 e. The molecule has 1 aromatic heterocycles. The number of hydrogen-bond acceptors (Lipinski definition) is 5. The minimum atomic E-state index is -0.844. The van der Waals surface area contributed by atoms with Crippen molar-refractivity contribution in [2.45, 2.75) is 31.7 Å². The molecule has 3 rings (SSSR count). The zero-order valence-electron chi connectivity index (χ0n) is 13.6. The number of aromatic nitrogens is 2. The maximum absolute atomic E-state index is 14.0. The number of para-hydroxylation sites is 1. The van der Waals surface area contributed by atoms with E-state index in [1.54, 1.807) is 13.1 Å². The van der Waals surface area contributed by atoms with Crippen LogP contribution in [0.15, 0.2) is 18.2 Å². The number of ether oxygens (including phenoxy) is 1. The van der Waals surface area contributed by atoms with Crippen molar-refractivity contribution in [1.82, 2.24) is 20.4 Å². The van der Waals surface area contributed by atoms with Crippen LogP contribution in [0, 0.1) is 5.82 Å². The molecule has 2 atom stereocenters. The number of rotatable bonds is 4. The Bertz CT molecular complexity index is 695. The van der Waals surface area contributed by atoms with Crippen molar-refractivity contribution in [3.63, 3.8) is 0 Å². The van der Waals surface area contributed by atoms with Gasteiger partial charge in [0, 0.05) is 25.5 Å². The van der Waals surface area contributed by atoms with Gasteiger partial charge in [-0.25, -0.2) is 4.39 Å². The molecule has 1 aliphatic heterocycles. The van der Waals surface area contributed by atoms with Crippen molar-refractivity contribution < 1.29 is 14.2 Å². The fourth-order valence-corrected chi connectivity index (χ4v) is 3.07. The molecule has 0 saturated carbocycles. The molecule has 2 aromatic rings. The first kappa shape index (κ1) is 16.3. The molecule has 1 aromatic carbocycles. The van der Waals surface area contributed by atoms with Gasteiger partial charge in [-0.1, -0.05) is 12.1 Å². The molecule has 1 fully saturated rings. The number of nitrogens with zero attached hydrogens (tertiary/aromatic N) is 2. The quantitative estimate of drug-likeness (QED) is 0.728. The molecule has 3 N–H and O–H groups in total. The van der Waals surface area contributed by atoms with E-state index < -0.39 is 11.8 Å². The summed E-state index contributed by atoms with van der Waals surface area (Å²) in [6.07, 6.45) is -1.17. The van der Waals surface area contributed by atoms with E-state index in [2.05, 4.69) is 15.7 Å². The van der Waals surface area contributed by atoms with Gasteiger partial charge in [0.25, 0.3) is 0 Å². The lowest BCUT2D eigenvalue weighted by atomic mass is 9.96. The monoisotopic (exact) mass is 322 g/mol. The van der Waals surface area contributed by atoms with Gasteiger partial charge in [0.2, 0.25) is 0 Å². The molecule has 6 nitrogen and oxygen atoms in total. The first-order valence-corrected chi connectivity index (χ1v) is 7.80. The lowest BCUT2D eigenvalue weighted by Crippen LogP contribution is -2.55. The summed E-state index contributed by atoms with van der Waals surface area (Å²) in [6.45, 7) is 5.78. The maximum atomic E-state index is 14.0. The van der Waals surface area contributed by atoms with Crippen molar-refractivity contribution in [3.05, 3.63) is 29.7 Å². The Kier molecular flexibility index (Phi) is 4.37. The van der Waals surface area contributed by atoms with E-state index in [9.17, 15) is 9.50 Å². The molecule has 126 valence electrons. The minimum absolute atomic E-state index is 0.306. The Balaban J connectivity index is 1.89.